The average Bonchev–Trinajstić information content (AvgIpc) is 2.27. The Morgan fingerprint density at radius 2 is 1.53 bits per heavy atom. The zero-order chi connectivity index (χ0) is 10.7. The van der Waals surface area contributed by atoms with E-state index in [1.54, 1.807) is 0 Å². The molecule has 2 rings (SSSR count). The lowest BCUT2D eigenvalue weighted by Gasteiger charge is -2.44. The van der Waals surface area contributed by atoms with Gasteiger partial charge < -0.3 is 5.32 Å². The number of hydrogen-bond donors (Lipinski definition) is 1. The van der Waals surface area contributed by atoms with Gasteiger partial charge in [0.2, 0.25) is 0 Å². The quantitative estimate of drug-likeness (QED) is 0.733. The SMILES string of the molecule is CNCC1CCC2(CCC(C)CC2)CC1. The van der Waals surface area contributed by atoms with Crippen molar-refractivity contribution in [3.63, 3.8) is 0 Å². The Hall–Kier alpha value is -0.0400. The van der Waals surface area contributed by atoms with Crippen LogP contribution in [0.25, 0.3) is 0 Å². The Bertz CT molecular complexity index is 182. The van der Waals surface area contributed by atoms with Crippen LogP contribution in [0.15, 0.2) is 0 Å². The standard InChI is InChI=1S/C14H27N/c1-12-3-7-14(8-4-12)9-5-13(6-10-14)11-15-2/h12-13,15H,3-11H2,1-2H3. The molecule has 2 saturated carbocycles. The van der Waals surface area contributed by atoms with E-state index in [4.69, 9.17) is 0 Å². The van der Waals surface area contributed by atoms with E-state index < -0.39 is 0 Å². The monoisotopic (exact) mass is 209 g/mol. The van der Waals surface area contributed by atoms with E-state index in [-0.39, 0.29) is 0 Å². The zero-order valence-electron chi connectivity index (χ0n) is 10.5. The average molecular weight is 209 g/mol. The molecule has 0 radical (unpaired) electrons. The minimum Gasteiger partial charge on any atom is -0.319 e. The van der Waals surface area contributed by atoms with Crippen molar-refractivity contribution in [3.05, 3.63) is 0 Å². The van der Waals surface area contributed by atoms with Crippen molar-refractivity contribution in [2.45, 2.75) is 58.3 Å². The summed E-state index contributed by atoms with van der Waals surface area (Å²) in [5.74, 6) is 1.98. The Morgan fingerprint density at radius 3 is 2.07 bits per heavy atom. The number of hydrogen-bond acceptors (Lipinski definition) is 1. The maximum atomic E-state index is 3.34. The smallest absolute Gasteiger partial charge is 0.00235 e. The summed E-state index contributed by atoms with van der Waals surface area (Å²) in [6, 6.07) is 0. The van der Waals surface area contributed by atoms with E-state index in [0.717, 1.165) is 17.3 Å². The first kappa shape index (κ1) is 11.4. The van der Waals surface area contributed by atoms with Crippen LogP contribution < -0.4 is 5.32 Å². The topological polar surface area (TPSA) is 12.0 Å². The summed E-state index contributed by atoms with van der Waals surface area (Å²) in [7, 11) is 2.09. The van der Waals surface area contributed by atoms with Gasteiger partial charge in [0.15, 0.2) is 0 Å². The molecule has 1 heteroatoms. The summed E-state index contributed by atoms with van der Waals surface area (Å²) in [4.78, 5) is 0. The third kappa shape index (κ3) is 2.75. The summed E-state index contributed by atoms with van der Waals surface area (Å²) in [6.45, 7) is 3.67. The van der Waals surface area contributed by atoms with Crippen LogP contribution in [0.2, 0.25) is 0 Å². The van der Waals surface area contributed by atoms with Crippen molar-refractivity contribution in [1.82, 2.24) is 5.32 Å². The van der Waals surface area contributed by atoms with E-state index in [9.17, 15) is 0 Å². The highest BCUT2D eigenvalue weighted by Gasteiger charge is 2.37. The molecule has 0 saturated heterocycles. The van der Waals surface area contributed by atoms with Crippen molar-refractivity contribution >= 4 is 0 Å². The van der Waals surface area contributed by atoms with Gasteiger partial charge in [-0.3, -0.25) is 0 Å². The lowest BCUT2D eigenvalue weighted by atomic mass is 9.62. The van der Waals surface area contributed by atoms with Crippen LogP contribution in [-0.2, 0) is 0 Å². The second kappa shape index (κ2) is 4.86. The van der Waals surface area contributed by atoms with Crippen LogP contribution in [0.3, 0.4) is 0 Å². The summed E-state index contributed by atoms with van der Waals surface area (Å²) < 4.78 is 0. The van der Waals surface area contributed by atoms with Crippen LogP contribution in [0.4, 0.5) is 0 Å². The van der Waals surface area contributed by atoms with Gasteiger partial charge in [0.25, 0.3) is 0 Å². The van der Waals surface area contributed by atoms with Crippen LogP contribution in [0, 0.1) is 17.3 Å². The predicted molar refractivity (Wildman–Crippen MR) is 65.9 cm³/mol. The van der Waals surface area contributed by atoms with Gasteiger partial charge in [0.05, 0.1) is 0 Å². The van der Waals surface area contributed by atoms with Gasteiger partial charge in [-0.15, -0.1) is 0 Å². The fraction of sp³-hybridized carbons (Fsp3) is 1.00. The predicted octanol–water partition coefficient (Wildman–Crippen LogP) is 3.59. The molecule has 0 bridgehead atoms. The fourth-order valence-electron chi connectivity index (χ4n) is 3.66. The van der Waals surface area contributed by atoms with Crippen LogP contribution in [0.1, 0.15) is 58.3 Å². The molecular formula is C14H27N. The van der Waals surface area contributed by atoms with Crippen molar-refractivity contribution in [2.24, 2.45) is 17.3 Å². The van der Waals surface area contributed by atoms with Gasteiger partial charge >= 0.3 is 0 Å². The molecule has 1 nitrogen and oxygen atoms in total. The van der Waals surface area contributed by atoms with Crippen LogP contribution in [-0.4, -0.2) is 13.6 Å². The normalized spacial score (nSPS) is 42.0. The molecule has 1 spiro atoms. The molecule has 2 fully saturated rings. The van der Waals surface area contributed by atoms with E-state index in [1.807, 2.05) is 0 Å². The largest absolute Gasteiger partial charge is 0.319 e. The van der Waals surface area contributed by atoms with Gasteiger partial charge in [0, 0.05) is 0 Å². The molecule has 0 unspecified atom stereocenters. The molecule has 2 aliphatic rings. The molecule has 0 heterocycles. The van der Waals surface area contributed by atoms with E-state index in [2.05, 4.69) is 19.3 Å². The van der Waals surface area contributed by atoms with Gasteiger partial charge in [-0.25, -0.2) is 0 Å². The zero-order valence-corrected chi connectivity index (χ0v) is 10.5. The Morgan fingerprint density at radius 1 is 1.00 bits per heavy atom. The van der Waals surface area contributed by atoms with E-state index in [0.29, 0.717) is 0 Å². The van der Waals surface area contributed by atoms with Gasteiger partial charge in [0.1, 0.15) is 0 Å². The van der Waals surface area contributed by atoms with Crippen LogP contribution >= 0.6 is 0 Å². The van der Waals surface area contributed by atoms with Crippen molar-refractivity contribution in [1.29, 1.82) is 0 Å². The third-order valence-corrected chi connectivity index (χ3v) is 4.99. The summed E-state index contributed by atoms with van der Waals surface area (Å²) in [6.07, 6.45) is 12.1. The van der Waals surface area contributed by atoms with E-state index in [1.165, 1.54) is 57.9 Å². The molecule has 0 amide bonds. The molecule has 88 valence electrons. The first-order valence-corrected chi connectivity index (χ1v) is 6.89. The van der Waals surface area contributed by atoms with Crippen molar-refractivity contribution in [2.75, 3.05) is 13.6 Å². The molecule has 0 aromatic carbocycles. The second-order valence-electron chi connectivity index (χ2n) is 6.18. The molecule has 1 N–H and O–H groups in total. The van der Waals surface area contributed by atoms with Crippen molar-refractivity contribution in [3.8, 4) is 0 Å². The molecule has 0 aromatic rings. The highest BCUT2D eigenvalue weighted by atomic mass is 14.8. The Labute approximate surface area is 95.0 Å². The van der Waals surface area contributed by atoms with Crippen molar-refractivity contribution < 1.29 is 0 Å². The highest BCUT2D eigenvalue weighted by Crippen LogP contribution is 2.49. The molecule has 0 aliphatic heterocycles. The molecular weight excluding hydrogens is 182 g/mol. The van der Waals surface area contributed by atoms with E-state index >= 15 is 0 Å². The fourth-order valence-corrected chi connectivity index (χ4v) is 3.66. The first-order chi connectivity index (χ1) is 7.24. The van der Waals surface area contributed by atoms with Gasteiger partial charge in [-0.1, -0.05) is 19.8 Å². The lowest BCUT2D eigenvalue weighted by Crippen LogP contribution is -2.34. The first-order valence-electron chi connectivity index (χ1n) is 6.89. The molecule has 0 atom stereocenters. The Balaban J connectivity index is 1.81. The molecule has 2 aliphatic carbocycles. The highest BCUT2D eigenvalue weighted by molar-refractivity contribution is 4.89. The Kier molecular flexibility index (Phi) is 3.71. The maximum absolute atomic E-state index is 3.34. The summed E-state index contributed by atoms with van der Waals surface area (Å²) in [5, 5.41) is 3.34. The minimum atomic E-state index is 0.788. The molecule has 0 aromatic heterocycles. The number of rotatable bonds is 2. The summed E-state index contributed by atoms with van der Waals surface area (Å²) >= 11 is 0. The lowest BCUT2D eigenvalue weighted by molar-refractivity contribution is 0.0796. The minimum absolute atomic E-state index is 0.788. The van der Waals surface area contributed by atoms with Crippen LogP contribution in [0.5, 0.6) is 0 Å². The maximum Gasteiger partial charge on any atom is -0.00235 e. The second-order valence-corrected chi connectivity index (χ2v) is 6.18. The molecule has 15 heavy (non-hydrogen) atoms. The number of nitrogens with one attached hydrogen (secondary N) is 1. The van der Waals surface area contributed by atoms with Gasteiger partial charge in [-0.05, 0) is 69.4 Å². The van der Waals surface area contributed by atoms with Gasteiger partial charge in [-0.2, -0.15) is 0 Å². The summed E-state index contributed by atoms with van der Waals surface area (Å²) in [5.41, 5.74) is 0.788. The third-order valence-electron chi connectivity index (χ3n) is 4.99.